The van der Waals surface area contributed by atoms with E-state index in [1.54, 1.807) is 7.11 Å². The molecular formula is C23H24ClN5O3S. The van der Waals surface area contributed by atoms with Crippen LogP contribution in [-0.2, 0) is 9.53 Å². The maximum absolute atomic E-state index is 13.3. The molecule has 5 rings (SSSR count). The Labute approximate surface area is 201 Å². The fraction of sp³-hybridized carbons (Fsp3) is 0.348. The van der Waals surface area contributed by atoms with Gasteiger partial charge in [-0.15, -0.1) is 10.2 Å². The van der Waals surface area contributed by atoms with E-state index in [1.807, 2.05) is 53.2 Å². The molecule has 172 valence electrons. The molecule has 3 atom stereocenters. The highest BCUT2D eigenvalue weighted by atomic mass is 35.5. The van der Waals surface area contributed by atoms with Crippen LogP contribution in [0.3, 0.4) is 0 Å². The fourth-order valence-electron chi connectivity index (χ4n) is 4.08. The minimum atomic E-state index is -0.476. The van der Waals surface area contributed by atoms with Gasteiger partial charge in [0.1, 0.15) is 11.0 Å². The lowest BCUT2D eigenvalue weighted by atomic mass is 10.0. The predicted molar refractivity (Wildman–Crippen MR) is 127 cm³/mol. The maximum atomic E-state index is 13.3. The van der Waals surface area contributed by atoms with E-state index < -0.39 is 5.25 Å². The zero-order valence-corrected chi connectivity index (χ0v) is 19.6. The molecule has 1 amide bonds. The van der Waals surface area contributed by atoms with Crippen LogP contribution in [0, 0.1) is 0 Å². The van der Waals surface area contributed by atoms with Crippen LogP contribution in [-0.4, -0.2) is 52.4 Å². The molecule has 2 aliphatic heterocycles. The van der Waals surface area contributed by atoms with Gasteiger partial charge >= 0.3 is 0 Å². The monoisotopic (exact) mass is 485 g/mol. The van der Waals surface area contributed by atoms with Crippen molar-refractivity contribution < 1.29 is 14.3 Å². The van der Waals surface area contributed by atoms with Gasteiger partial charge in [-0.2, -0.15) is 0 Å². The summed E-state index contributed by atoms with van der Waals surface area (Å²) in [7, 11) is 1.58. The lowest BCUT2D eigenvalue weighted by Crippen LogP contribution is -2.45. The summed E-state index contributed by atoms with van der Waals surface area (Å²) in [6.45, 7) is 1.24. The van der Waals surface area contributed by atoms with Crippen LogP contribution >= 0.6 is 23.4 Å². The summed E-state index contributed by atoms with van der Waals surface area (Å²) in [5.41, 5.74) is 5.26. The minimum absolute atomic E-state index is 0.0673. The van der Waals surface area contributed by atoms with Crippen LogP contribution in [0.25, 0.3) is 11.4 Å². The van der Waals surface area contributed by atoms with Crippen molar-refractivity contribution in [2.75, 3.05) is 25.7 Å². The zero-order valence-electron chi connectivity index (χ0n) is 18.0. The molecular weight excluding hydrogens is 462 g/mol. The molecule has 33 heavy (non-hydrogen) atoms. The van der Waals surface area contributed by atoms with Crippen molar-refractivity contribution in [1.82, 2.24) is 20.2 Å². The summed E-state index contributed by atoms with van der Waals surface area (Å²) in [5.74, 6) is 1.18. The second kappa shape index (κ2) is 9.62. The summed E-state index contributed by atoms with van der Waals surface area (Å²) in [5, 5.41) is 12.4. The zero-order chi connectivity index (χ0) is 22.8. The lowest BCUT2D eigenvalue weighted by Gasteiger charge is -2.33. The van der Waals surface area contributed by atoms with E-state index in [9.17, 15) is 4.79 Å². The van der Waals surface area contributed by atoms with E-state index in [1.165, 1.54) is 11.8 Å². The van der Waals surface area contributed by atoms with Crippen molar-refractivity contribution in [2.24, 2.45) is 0 Å². The topological polar surface area (TPSA) is 90.3 Å². The van der Waals surface area contributed by atoms with E-state index in [0.717, 1.165) is 30.6 Å². The number of nitrogens with zero attached hydrogens (tertiary/aromatic N) is 3. The second-order valence-electron chi connectivity index (χ2n) is 7.93. The SMILES string of the molecule is COc1ccc([C@@H]2Nn3c(nnc3-c3ccccc3)S[C@@H]2C(=O)NC[C@@H]2CCCO2)cc1Cl. The summed E-state index contributed by atoms with van der Waals surface area (Å²) >= 11 is 7.80. The number of hydrogen-bond acceptors (Lipinski definition) is 7. The number of fused-ring (bicyclic) bond motifs is 1. The number of amides is 1. The van der Waals surface area contributed by atoms with Crippen LogP contribution in [0.1, 0.15) is 24.4 Å². The molecule has 2 aliphatic rings. The van der Waals surface area contributed by atoms with Gasteiger partial charge in [-0.1, -0.05) is 59.8 Å². The molecule has 0 saturated carbocycles. The normalized spacial score (nSPS) is 21.8. The number of carbonyl (C=O) groups excluding carboxylic acids is 1. The highest BCUT2D eigenvalue weighted by Gasteiger charge is 2.38. The molecule has 2 aromatic carbocycles. The summed E-state index contributed by atoms with van der Waals surface area (Å²) in [6.07, 6.45) is 2.05. The van der Waals surface area contributed by atoms with Crippen LogP contribution in [0.2, 0.25) is 5.02 Å². The third-order valence-corrected chi connectivity index (χ3v) is 7.30. The minimum Gasteiger partial charge on any atom is -0.495 e. The number of ether oxygens (including phenoxy) is 2. The maximum Gasteiger partial charge on any atom is 0.236 e. The van der Waals surface area contributed by atoms with Gasteiger partial charge in [0, 0.05) is 18.7 Å². The Morgan fingerprint density at radius 2 is 2.15 bits per heavy atom. The molecule has 1 fully saturated rings. The molecule has 0 aliphatic carbocycles. The van der Waals surface area contributed by atoms with Crippen molar-refractivity contribution in [3.8, 4) is 17.1 Å². The largest absolute Gasteiger partial charge is 0.495 e. The van der Waals surface area contributed by atoms with Crippen molar-refractivity contribution >= 4 is 29.3 Å². The second-order valence-corrected chi connectivity index (χ2v) is 9.44. The molecule has 2 N–H and O–H groups in total. The van der Waals surface area contributed by atoms with Crippen LogP contribution in [0.15, 0.2) is 53.7 Å². The number of rotatable bonds is 6. The molecule has 3 aromatic rings. The Kier molecular flexibility index (Phi) is 6.43. The van der Waals surface area contributed by atoms with Gasteiger partial charge in [0.2, 0.25) is 11.1 Å². The first-order chi connectivity index (χ1) is 16.1. The number of aromatic nitrogens is 3. The first-order valence-corrected chi connectivity index (χ1v) is 12.1. The Hall–Kier alpha value is -2.75. The summed E-state index contributed by atoms with van der Waals surface area (Å²) in [4.78, 5) is 13.3. The van der Waals surface area contributed by atoms with Gasteiger partial charge in [-0.25, -0.2) is 4.68 Å². The van der Waals surface area contributed by atoms with Crippen molar-refractivity contribution in [1.29, 1.82) is 0 Å². The Balaban J connectivity index is 1.47. The summed E-state index contributed by atoms with van der Waals surface area (Å²) in [6, 6.07) is 15.0. The standard InChI is InChI=1S/C23H24ClN5O3S/c1-31-18-10-9-15(12-17(18)24)19-20(22(30)25-13-16-8-5-11-32-16)33-23-27-26-21(29(23)28-19)14-6-3-2-4-7-14/h2-4,6-7,9-10,12,16,19-20,28H,5,8,11,13H2,1H3,(H,25,30)/t16-,19-,20-/m0/s1. The molecule has 0 radical (unpaired) electrons. The third kappa shape index (κ3) is 4.53. The predicted octanol–water partition coefficient (Wildman–Crippen LogP) is 3.66. The van der Waals surface area contributed by atoms with Crippen molar-refractivity contribution in [3.63, 3.8) is 0 Å². The molecule has 10 heteroatoms. The first-order valence-electron chi connectivity index (χ1n) is 10.8. The van der Waals surface area contributed by atoms with Crippen LogP contribution in [0.4, 0.5) is 0 Å². The smallest absolute Gasteiger partial charge is 0.236 e. The number of methoxy groups -OCH3 is 1. The van der Waals surface area contributed by atoms with E-state index >= 15 is 0 Å². The highest BCUT2D eigenvalue weighted by molar-refractivity contribution is 8.00. The van der Waals surface area contributed by atoms with Crippen LogP contribution < -0.4 is 15.5 Å². The fourth-order valence-corrected chi connectivity index (χ4v) is 5.45. The number of benzene rings is 2. The molecule has 3 heterocycles. The molecule has 8 nitrogen and oxygen atoms in total. The average molecular weight is 486 g/mol. The van der Waals surface area contributed by atoms with Crippen molar-refractivity contribution in [2.45, 2.75) is 35.4 Å². The van der Waals surface area contributed by atoms with Gasteiger partial charge in [0.05, 0.1) is 24.3 Å². The molecule has 1 saturated heterocycles. The summed E-state index contributed by atoms with van der Waals surface area (Å²) < 4.78 is 12.8. The lowest BCUT2D eigenvalue weighted by molar-refractivity contribution is -0.121. The van der Waals surface area contributed by atoms with Gasteiger partial charge in [-0.05, 0) is 30.5 Å². The number of hydrogen-bond donors (Lipinski definition) is 2. The number of carbonyl (C=O) groups is 1. The number of thioether (sulfide) groups is 1. The van der Waals surface area contributed by atoms with Gasteiger partial charge in [0.15, 0.2) is 5.82 Å². The molecule has 0 spiro atoms. The number of nitrogens with one attached hydrogen (secondary N) is 2. The molecule has 0 bridgehead atoms. The Bertz CT molecular complexity index is 1140. The van der Waals surface area contributed by atoms with Gasteiger partial charge in [-0.3, -0.25) is 4.79 Å². The van der Waals surface area contributed by atoms with Gasteiger partial charge < -0.3 is 20.2 Å². The molecule has 0 unspecified atom stereocenters. The van der Waals surface area contributed by atoms with E-state index in [2.05, 4.69) is 20.9 Å². The van der Waals surface area contributed by atoms with Crippen molar-refractivity contribution in [3.05, 3.63) is 59.1 Å². The molecule has 1 aromatic heterocycles. The average Bonchev–Trinajstić information content (AvgIpc) is 3.52. The van der Waals surface area contributed by atoms with E-state index in [0.29, 0.717) is 28.3 Å². The third-order valence-electron chi connectivity index (χ3n) is 5.79. The quantitative estimate of drug-likeness (QED) is 0.550. The van der Waals surface area contributed by atoms with E-state index in [-0.39, 0.29) is 18.1 Å². The van der Waals surface area contributed by atoms with Gasteiger partial charge in [0.25, 0.3) is 0 Å². The number of halogens is 1. The Morgan fingerprint density at radius 1 is 1.30 bits per heavy atom. The van der Waals surface area contributed by atoms with Crippen LogP contribution in [0.5, 0.6) is 5.75 Å². The first kappa shape index (κ1) is 22.1. The van der Waals surface area contributed by atoms with E-state index in [4.69, 9.17) is 21.1 Å². The highest BCUT2D eigenvalue weighted by Crippen LogP contribution is 2.40. The Morgan fingerprint density at radius 3 is 2.88 bits per heavy atom.